The average Bonchev–Trinajstić information content (AvgIpc) is 2.46. The van der Waals surface area contributed by atoms with Crippen molar-refractivity contribution in [2.75, 3.05) is 5.73 Å². The molecule has 0 heterocycles. The molecule has 5 N–H and O–H groups in total. The van der Waals surface area contributed by atoms with Gasteiger partial charge in [-0.15, -0.1) is 5.11 Å². The van der Waals surface area contributed by atoms with Gasteiger partial charge in [0.15, 0.2) is 0 Å². The first-order chi connectivity index (χ1) is 10.0. The quantitative estimate of drug-likeness (QED) is 0.343. The molecule has 0 bridgehead atoms. The molecule has 0 unspecified atom stereocenters. The summed E-state index contributed by atoms with van der Waals surface area (Å²) < 4.78 is 0. The van der Waals surface area contributed by atoms with E-state index in [2.05, 4.69) is 10.2 Å². The number of nitrogens with two attached hydrogens (primary N) is 2. The Kier molecular flexibility index (Phi) is 4.10. The number of benzene rings is 2. The Hall–Kier alpha value is -3.00. The fraction of sp³-hybridized carbons (Fsp3) is 0.0769. The molecule has 0 aromatic heterocycles. The number of nitro groups is 1. The van der Waals surface area contributed by atoms with Crippen LogP contribution in [0.1, 0.15) is 5.56 Å². The Balaban J connectivity index is 2.31. The molecule has 0 spiro atoms. The third-order valence-electron chi connectivity index (χ3n) is 2.76. The van der Waals surface area contributed by atoms with Crippen LogP contribution in [0.2, 0.25) is 0 Å². The number of hydrogen-bond donors (Lipinski definition) is 3. The van der Waals surface area contributed by atoms with E-state index in [0.717, 1.165) is 6.07 Å². The van der Waals surface area contributed by atoms with E-state index in [4.69, 9.17) is 11.5 Å². The lowest BCUT2D eigenvalue weighted by molar-refractivity contribution is -0.384. The molecule has 8 heteroatoms. The first-order valence-corrected chi connectivity index (χ1v) is 5.99. The summed E-state index contributed by atoms with van der Waals surface area (Å²) in [5.41, 5.74) is 12.9. The summed E-state index contributed by atoms with van der Waals surface area (Å²) in [5, 5.41) is 28.1. The van der Waals surface area contributed by atoms with Gasteiger partial charge in [0.2, 0.25) is 0 Å². The number of nitrogens with zero attached hydrogens (tertiary/aromatic N) is 3. The van der Waals surface area contributed by atoms with E-state index >= 15 is 0 Å². The van der Waals surface area contributed by atoms with Crippen LogP contribution in [-0.2, 0) is 6.54 Å². The standard InChI is InChI=1S/C13H13N5O3/c14-7-8-5-9(15)1-3-11(8)16-17-12-4-2-10(18(20)21)6-13(12)19/h1-6,19H,7,14-15H2. The molecule has 0 fully saturated rings. The topological polar surface area (TPSA) is 140 Å². The summed E-state index contributed by atoms with van der Waals surface area (Å²) in [6.45, 7) is 0.242. The number of anilines is 1. The van der Waals surface area contributed by atoms with Gasteiger partial charge in [-0.05, 0) is 29.8 Å². The Labute approximate surface area is 119 Å². The van der Waals surface area contributed by atoms with Crippen LogP contribution < -0.4 is 11.5 Å². The van der Waals surface area contributed by atoms with E-state index in [1.165, 1.54) is 12.1 Å². The zero-order valence-electron chi connectivity index (χ0n) is 10.9. The lowest BCUT2D eigenvalue weighted by Crippen LogP contribution is -1.97. The van der Waals surface area contributed by atoms with Crippen molar-refractivity contribution in [3.8, 4) is 5.75 Å². The summed E-state index contributed by atoms with van der Waals surface area (Å²) >= 11 is 0. The second-order valence-corrected chi connectivity index (χ2v) is 4.22. The van der Waals surface area contributed by atoms with Gasteiger partial charge in [0.1, 0.15) is 11.4 Å². The summed E-state index contributed by atoms with van der Waals surface area (Å²) in [5.74, 6) is -0.322. The minimum absolute atomic E-state index is 0.125. The SMILES string of the molecule is NCc1cc(N)ccc1N=Nc1ccc([N+](=O)[O-])cc1O. The van der Waals surface area contributed by atoms with Crippen molar-refractivity contribution in [1.82, 2.24) is 0 Å². The summed E-state index contributed by atoms with van der Waals surface area (Å²) in [6, 6.07) is 8.56. The third-order valence-corrected chi connectivity index (χ3v) is 2.76. The van der Waals surface area contributed by atoms with Crippen molar-refractivity contribution in [1.29, 1.82) is 0 Å². The number of phenolic OH excluding ortho intramolecular Hbond substituents is 1. The normalized spacial score (nSPS) is 10.9. The number of aromatic hydroxyl groups is 1. The number of nitrogen functional groups attached to an aromatic ring is 1. The maximum atomic E-state index is 10.6. The van der Waals surface area contributed by atoms with Gasteiger partial charge in [-0.25, -0.2) is 0 Å². The third kappa shape index (κ3) is 3.31. The van der Waals surface area contributed by atoms with Crippen molar-refractivity contribution in [3.05, 3.63) is 52.1 Å². The zero-order valence-corrected chi connectivity index (χ0v) is 10.9. The predicted octanol–water partition coefficient (Wildman–Crippen LogP) is 2.76. The Morgan fingerprint density at radius 3 is 2.43 bits per heavy atom. The van der Waals surface area contributed by atoms with Crippen molar-refractivity contribution >= 4 is 22.7 Å². The first-order valence-electron chi connectivity index (χ1n) is 5.99. The number of phenols is 1. The lowest BCUT2D eigenvalue weighted by Gasteiger charge is -2.03. The Bertz CT molecular complexity index is 715. The van der Waals surface area contributed by atoms with Gasteiger partial charge in [0, 0.05) is 18.3 Å². The smallest absolute Gasteiger partial charge is 0.273 e. The van der Waals surface area contributed by atoms with E-state index in [1.54, 1.807) is 18.2 Å². The van der Waals surface area contributed by atoms with Crippen LogP contribution in [0.4, 0.5) is 22.7 Å². The Morgan fingerprint density at radius 2 is 1.81 bits per heavy atom. The number of nitro benzene ring substituents is 1. The van der Waals surface area contributed by atoms with Crippen LogP contribution in [0.5, 0.6) is 5.75 Å². The van der Waals surface area contributed by atoms with Crippen molar-refractivity contribution in [2.24, 2.45) is 16.0 Å². The second kappa shape index (κ2) is 5.97. The minimum Gasteiger partial charge on any atom is -0.505 e. The molecule has 2 rings (SSSR count). The molecule has 2 aromatic rings. The van der Waals surface area contributed by atoms with Crippen molar-refractivity contribution < 1.29 is 10.0 Å². The van der Waals surface area contributed by atoms with Crippen LogP contribution >= 0.6 is 0 Å². The van der Waals surface area contributed by atoms with Gasteiger partial charge in [-0.1, -0.05) is 0 Å². The highest BCUT2D eigenvalue weighted by atomic mass is 16.6. The number of azo groups is 1. The zero-order chi connectivity index (χ0) is 15.4. The van der Waals surface area contributed by atoms with Gasteiger partial charge in [-0.3, -0.25) is 10.1 Å². The molecule has 2 aromatic carbocycles. The molecule has 0 radical (unpaired) electrons. The van der Waals surface area contributed by atoms with Gasteiger partial charge >= 0.3 is 0 Å². The van der Waals surface area contributed by atoms with E-state index in [9.17, 15) is 15.2 Å². The predicted molar refractivity (Wildman–Crippen MR) is 77.7 cm³/mol. The molecule has 0 aliphatic carbocycles. The fourth-order valence-corrected chi connectivity index (χ4v) is 1.68. The lowest BCUT2D eigenvalue weighted by atomic mass is 10.1. The average molecular weight is 287 g/mol. The summed E-state index contributed by atoms with van der Waals surface area (Å²) in [4.78, 5) is 9.97. The molecule has 0 atom stereocenters. The molecule has 0 saturated carbocycles. The molecule has 108 valence electrons. The number of rotatable bonds is 4. The number of non-ortho nitro benzene ring substituents is 1. The van der Waals surface area contributed by atoms with Gasteiger partial charge in [0.05, 0.1) is 16.7 Å². The Morgan fingerprint density at radius 1 is 1.14 bits per heavy atom. The summed E-state index contributed by atoms with van der Waals surface area (Å²) in [7, 11) is 0. The molecule has 8 nitrogen and oxygen atoms in total. The van der Waals surface area contributed by atoms with Gasteiger partial charge in [0.25, 0.3) is 5.69 Å². The van der Waals surface area contributed by atoms with E-state index in [-0.39, 0.29) is 23.7 Å². The largest absolute Gasteiger partial charge is 0.505 e. The van der Waals surface area contributed by atoms with Gasteiger partial charge in [-0.2, -0.15) is 5.11 Å². The van der Waals surface area contributed by atoms with E-state index < -0.39 is 4.92 Å². The molecule has 0 aliphatic rings. The minimum atomic E-state index is -0.604. The second-order valence-electron chi connectivity index (χ2n) is 4.22. The molecule has 0 aliphatic heterocycles. The number of hydrogen-bond acceptors (Lipinski definition) is 7. The van der Waals surface area contributed by atoms with Crippen LogP contribution in [0.25, 0.3) is 0 Å². The highest BCUT2D eigenvalue weighted by molar-refractivity contribution is 5.57. The molecule has 21 heavy (non-hydrogen) atoms. The van der Waals surface area contributed by atoms with Crippen molar-refractivity contribution in [2.45, 2.75) is 6.54 Å². The van der Waals surface area contributed by atoms with E-state index in [1.807, 2.05) is 0 Å². The highest BCUT2D eigenvalue weighted by Crippen LogP contribution is 2.32. The van der Waals surface area contributed by atoms with Crippen LogP contribution in [0.15, 0.2) is 46.6 Å². The van der Waals surface area contributed by atoms with Crippen molar-refractivity contribution in [3.63, 3.8) is 0 Å². The van der Waals surface area contributed by atoms with Gasteiger partial charge < -0.3 is 16.6 Å². The summed E-state index contributed by atoms with van der Waals surface area (Å²) in [6.07, 6.45) is 0. The van der Waals surface area contributed by atoms with Crippen LogP contribution in [-0.4, -0.2) is 10.0 Å². The van der Waals surface area contributed by atoms with Crippen LogP contribution in [0, 0.1) is 10.1 Å². The first kappa shape index (κ1) is 14.4. The maximum Gasteiger partial charge on any atom is 0.273 e. The van der Waals surface area contributed by atoms with Crippen LogP contribution in [0.3, 0.4) is 0 Å². The maximum absolute atomic E-state index is 10.6. The highest BCUT2D eigenvalue weighted by Gasteiger charge is 2.09. The molecular weight excluding hydrogens is 274 g/mol. The fourth-order valence-electron chi connectivity index (χ4n) is 1.68. The molecule has 0 saturated heterocycles. The monoisotopic (exact) mass is 287 g/mol. The van der Waals surface area contributed by atoms with E-state index in [0.29, 0.717) is 16.9 Å². The molecule has 0 amide bonds. The molecular formula is C13H13N5O3.